The lowest BCUT2D eigenvalue weighted by atomic mass is 10.3. The summed E-state index contributed by atoms with van der Waals surface area (Å²) in [6, 6.07) is 0. The first kappa shape index (κ1) is 51.2. The van der Waals surface area contributed by atoms with Gasteiger partial charge in [-0.1, -0.05) is 0 Å². The van der Waals surface area contributed by atoms with Crippen molar-refractivity contribution in [2.45, 2.75) is 39.9 Å². The van der Waals surface area contributed by atoms with E-state index in [9.17, 15) is 38.4 Å². The van der Waals surface area contributed by atoms with Gasteiger partial charge in [-0.25, -0.2) is 0 Å². The molecule has 0 fully saturated rings. The molecule has 0 aromatic carbocycles. The Morgan fingerprint density at radius 2 is 0.582 bits per heavy atom. The van der Waals surface area contributed by atoms with E-state index in [0.717, 1.165) is 0 Å². The molecule has 0 aromatic heterocycles. The minimum Gasteiger partial charge on any atom is -0.376 e. The van der Waals surface area contributed by atoms with Gasteiger partial charge in [-0.05, 0) is 27.7 Å². The van der Waals surface area contributed by atoms with E-state index in [1.165, 1.54) is 27.7 Å². The number of nitrogens with one attached hydrogen (secondary N) is 4. The van der Waals surface area contributed by atoms with E-state index in [1.54, 1.807) is 0 Å². The van der Waals surface area contributed by atoms with Crippen LogP contribution in [0.15, 0.2) is 0 Å². The molecule has 0 aliphatic heterocycles. The minimum atomic E-state index is -0.616. The third-order valence-electron chi connectivity index (χ3n) is 6.19. The second-order valence-corrected chi connectivity index (χ2v) is 11.8. The van der Waals surface area contributed by atoms with Crippen molar-refractivity contribution in [2.75, 3.05) is 132 Å². The van der Waals surface area contributed by atoms with E-state index >= 15 is 0 Å². The number of amides is 4. The molecule has 0 aromatic rings. The van der Waals surface area contributed by atoms with Crippen LogP contribution in [0.3, 0.4) is 0 Å². The average molecular weight is 795 g/mol. The van der Waals surface area contributed by atoms with Gasteiger partial charge < -0.3 is 63.9 Å². The van der Waals surface area contributed by atoms with Crippen LogP contribution < -0.4 is 21.3 Å². The van der Waals surface area contributed by atoms with Gasteiger partial charge in [-0.2, -0.15) is 0 Å². The van der Waals surface area contributed by atoms with Crippen molar-refractivity contribution in [1.29, 1.82) is 0 Å². The number of hydrogen-bond donors (Lipinski definition) is 4. The largest absolute Gasteiger partial charge is 0.376 e. The molecular formula is C34H58N4O17. The lowest BCUT2D eigenvalue weighted by Crippen LogP contribution is -2.34. The molecule has 4 N–H and O–H groups in total. The van der Waals surface area contributed by atoms with Crippen LogP contribution in [0.4, 0.5) is 0 Å². The maximum atomic E-state index is 11.8. The molecule has 55 heavy (non-hydrogen) atoms. The zero-order chi connectivity index (χ0) is 41.1. The van der Waals surface area contributed by atoms with Gasteiger partial charge in [0.05, 0.1) is 105 Å². The van der Waals surface area contributed by atoms with Gasteiger partial charge in [0.15, 0.2) is 0 Å². The number of carbonyl (C=O) groups excluding carboxylic acids is 8. The van der Waals surface area contributed by atoms with E-state index in [-0.39, 0.29) is 155 Å². The predicted octanol–water partition coefficient (Wildman–Crippen LogP) is -3.31. The summed E-state index contributed by atoms with van der Waals surface area (Å²) in [5, 5.41) is 9.66. The van der Waals surface area contributed by atoms with E-state index in [1.807, 2.05) is 0 Å². The lowest BCUT2D eigenvalue weighted by Gasteiger charge is -2.22. The van der Waals surface area contributed by atoms with Crippen molar-refractivity contribution in [2.24, 2.45) is 0 Å². The molecule has 0 aliphatic carbocycles. The molecular weight excluding hydrogens is 736 g/mol. The molecule has 0 saturated carbocycles. The Balaban J connectivity index is 4.98. The monoisotopic (exact) mass is 794 g/mol. The summed E-state index contributed by atoms with van der Waals surface area (Å²) in [5.41, 5.74) is 0. The standard InChI is InChI=1S/C34H58N4O17/c1-25(39)13-35-31(43)21-49-7-5-47-17-29(54-11-9-51-23-33(45)37-15-27(3)41)19-53-20-30(55-12-10-52-24-34(46)38-16-28(4)42)18-48-6-8-50-22-32(44)36-14-26(2)40/h29-30H,5-24H2,1-4H3,(H,35,43)(H,36,44)(H,37,45)(H,38,46). The fraction of sp³-hybridized carbons (Fsp3) is 0.765. The topological polar surface area (TPSA) is 268 Å². The van der Waals surface area contributed by atoms with Crippen LogP contribution in [0, 0.1) is 0 Å². The molecule has 0 radical (unpaired) electrons. The van der Waals surface area contributed by atoms with Crippen LogP contribution in [-0.2, 0) is 81.0 Å². The SMILES string of the molecule is CC(=O)CNC(=O)COCCOCC(COCC(COCCOCC(=O)NCC(C)=O)OCCOCC(=O)NCC(C)=O)OCCOCC(=O)NCC(C)=O. The highest BCUT2D eigenvalue weighted by molar-refractivity contribution is 5.86. The second kappa shape index (κ2) is 34.7. The van der Waals surface area contributed by atoms with Gasteiger partial charge in [0.2, 0.25) is 23.6 Å². The Morgan fingerprint density at radius 3 is 0.855 bits per heavy atom. The summed E-state index contributed by atoms with van der Waals surface area (Å²) in [6.07, 6.45) is -1.23. The minimum absolute atomic E-state index is 0.0264. The second-order valence-electron chi connectivity index (χ2n) is 11.8. The lowest BCUT2D eigenvalue weighted by molar-refractivity contribution is -0.131. The number of hydrogen-bond acceptors (Lipinski definition) is 17. The van der Waals surface area contributed by atoms with Gasteiger partial charge in [0, 0.05) is 0 Å². The number of carbonyl (C=O) groups is 8. The molecule has 4 amide bonds. The summed E-state index contributed by atoms with van der Waals surface area (Å²) in [5.74, 6) is -2.56. The summed E-state index contributed by atoms with van der Waals surface area (Å²) >= 11 is 0. The quantitative estimate of drug-likeness (QED) is 0.0446. The van der Waals surface area contributed by atoms with Crippen molar-refractivity contribution < 1.29 is 81.0 Å². The predicted molar refractivity (Wildman–Crippen MR) is 190 cm³/mol. The maximum Gasteiger partial charge on any atom is 0.246 e. The number of rotatable bonds is 38. The van der Waals surface area contributed by atoms with Crippen molar-refractivity contribution in [1.82, 2.24) is 21.3 Å². The fourth-order valence-electron chi connectivity index (χ4n) is 3.59. The molecule has 21 nitrogen and oxygen atoms in total. The first-order valence-electron chi connectivity index (χ1n) is 17.6. The Bertz CT molecular complexity index is 1070. The molecule has 0 saturated heterocycles. The molecule has 21 heteroatoms. The van der Waals surface area contributed by atoms with E-state index in [2.05, 4.69) is 21.3 Å². The maximum absolute atomic E-state index is 11.8. The Morgan fingerprint density at radius 1 is 0.345 bits per heavy atom. The van der Waals surface area contributed by atoms with Crippen LogP contribution in [0.25, 0.3) is 0 Å². The molecule has 2 atom stereocenters. The third-order valence-corrected chi connectivity index (χ3v) is 6.19. The Kier molecular flexibility index (Phi) is 32.3. The van der Waals surface area contributed by atoms with Gasteiger partial charge >= 0.3 is 0 Å². The van der Waals surface area contributed by atoms with Crippen LogP contribution in [0.1, 0.15) is 27.7 Å². The highest BCUT2D eigenvalue weighted by atomic mass is 16.6. The Labute approximate surface area is 320 Å². The van der Waals surface area contributed by atoms with Crippen LogP contribution in [0.5, 0.6) is 0 Å². The first-order valence-corrected chi connectivity index (χ1v) is 17.6. The zero-order valence-electron chi connectivity index (χ0n) is 32.2. The van der Waals surface area contributed by atoms with E-state index < -0.39 is 35.8 Å². The first-order chi connectivity index (χ1) is 26.3. The highest BCUT2D eigenvalue weighted by Crippen LogP contribution is 2.01. The molecule has 316 valence electrons. The van der Waals surface area contributed by atoms with Gasteiger partial charge in [-0.3, -0.25) is 38.4 Å². The molecule has 0 heterocycles. The summed E-state index contributed by atoms with van der Waals surface area (Å²) in [6.45, 7) is 4.77. The summed E-state index contributed by atoms with van der Waals surface area (Å²) in [7, 11) is 0. The van der Waals surface area contributed by atoms with Gasteiger partial charge in [0.1, 0.15) is 61.8 Å². The van der Waals surface area contributed by atoms with Gasteiger partial charge in [-0.15, -0.1) is 0 Å². The van der Waals surface area contributed by atoms with E-state index in [0.29, 0.717) is 0 Å². The zero-order valence-corrected chi connectivity index (χ0v) is 32.2. The Hall–Kier alpha value is -3.80. The number of ether oxygens (including phenoxy) is 9. The van der Waals surface area contributed by atoms with Crippen molar-refractivity contribution >= 4 is 46.8 Å². The highest BCUT2D eigenvalue weighted by Gasteiger charge is 2.16. The molecule has 2 unspecified atom stereocenters. The fourth-order valence-corrected chi connectivity index (χ4v) is 3.59. The van der Waals surface area contributed by atoms with Crippen molar-refractivity contribution in [3.8, 4) is 0 Å². The number of ketones is 4. The van der Waals surface area contributed by atoms with Crippen molar-refractivity contribution in [3.63, 3.8) is 0 Å². The summed E-state index contributed by atoms with van der Waals surface area (Å²) in [4.78, 5) is 90.9. The molecule has 0 spiro atoms. The van der Waals surface area contributed by atoms with Crippen LogP contribution >= 0.6 is 0 Å². The van der Waals surface area contributed by atoms with E-state index in [4.69, 9.17) is 42.6 Å². The van der Waals surface area contributed by atoms with Gasteiger partial charge in [0.25, 0.3) is 0 Å². The van der Waals surface area contributed by atoms with Crippen LogP contribution in [-0.4, -0.2) is 191 Å². The molecule has 0 rings (SSSR count). The average Bonchev–Trinajstić information content (AvgIpc) is 3.13. The van der Waals surface area contributed by atoms with Crippen LogP contribution in [0.2, 0.25) is 0 Å². The number of Topliss-reactive ketones (excluding diaryl/α,β-unsaturated/α-hetero) is 4. The third kappa shape index (κ3) is 36.9. The molecule has 0 bridgehead atoms. The summed E-state index contributed by atoms with van der Waals surface area (Å²) < 4.78 is 49.9. The van der Waals surface area contributed by atoms with Crippen molar-refractivity contribution in [3.05, 3.63) is 0 Å². The molecule has 0 aliphatic rings. The normalized spacial score (nSPS) is 12.0. The smallest absolute Gasteiger partial charge is 0.246 e.